The van der Waals surface area contributed by atoms with E-state index in [9.17, 15) is 18.3 Å². The molecule has 1 saturated carbocycles. The van der Waals surface area contributed by atoms with Crippen molar-refractivity contribution < 1.29 is 18.3 Å². The van der Waals surface area contributed by atoms with Crippen LogP contribution in [0.25, 0.3) is 0 Å². The first kappa shape index (κ1) is 14.8. The van der Waals surface area contributed by atoms with Crippen molar-refractivity contribution in [2.24, 2.45) is 5.41 Å². The van der Waals surface area contributed by atoms with Crippen LogP contribution in [-0.2, 0) is 0 Å². The number of halogens is 3. The number of nitrogens with zero attached hydrogens (tertiary/aromatic N) is 1. The Balaban J connectivity index is 2.59. The predicted molar refractivity (Wildman–Crippen MR) is 60.8 cm³/mol. The lowest BCUT2D eigenvalue weighted by Gasteiger charge is -2.34. The van der Waals surface area contributed by atoms with Crippen LogP contribution in [0.5, 0.6) is 0 Å². The molecule has 102 valence electrons. The lowest BCUT2D eigenvalue weighted by atomic mass is 9.86. The van der Waals surface area contributed by atoms with E-state index in [0.29, 0.717) is 6.54 Å². The van der Waals surface area contributed by atoms with Gasteiger partial charge in [0.05, 0.1) is 6.54 Å². The fourth-order valence-electron chi connectivity index (χ4n) is 2.29. The monoisotopic (exact) mass is 253 g/mol. The largest absolute Gasteiger partial charge is 0.401 e. The molecule has 0 radical (unpaired) electrons. The zero-order valence-electron chi connectivity index (χ0n) is 10.6. The van der Waals surface area contributed by atoms with Crippen molar-refractivity contribution in [3.63, 3.8) is 0 Å². The maximum atomic E-state index is 12.5. The van der Waals surface area contributed by atoms with Gasteiger partial charge in [0.2, 0.25) is 0 Å². The van der Waals surface area contributed by atoms with Crippen molar-refractivity contribution in [3.05, 3.63) is 0 Å². The SMILES string of the molecule is CCCC(C)(CO)CN(CC(F)(F)F)C1CC1. The zero-order chi connectivity index (χ0) is 13.1. The van der Waals surface area contributed by atoms with Gasteiger partial charge in [-0.3, -0.25) is 4.90 Å². The summed E-state index contributed by atoms with van der Waals surface area (Å²) in [6, 6.07) is 0.0688. The van der Waals surface area contributed by atoms with E-state index in [1.807, 2.05) is 13.8 Å². The van der Waals surface area contributed by atoms with Crippen LogP contribution in [0.4, 0.5) is 13.2 Å². The van der Waals surface area contributed by atoms with Crippen LogP contribution in [0.1, 0.15) is 39.5 Å². The number of aliphatic hydroxyl groups is 1. The summed E-state index contributed by atoms with van der Waals surface area (Å²) in [5.41, 5.74) is -0.414. The van der Waals surface area contributed by atoms with Crippen LogP contribution in [0.3, 0.4) is 0 Å². The fourth-order valence-corrected chi connectivity index (χ4v) is 2.29. The molecule has 1 aliphatic rings. The van der Waals surface area contributed by atoms with Crippen LogP contribution in [-0.4, -0.2) is 41.9 Å². The maximum Gasteiger partial charge on any atom is 0.401 e. The van der Waals surface area contributed by atoms with Crippen LogP contribution >= 0.6 is 0 Å². The van der Waals surface area contributed by atoms with E-state index in [1.165, 1.54) is 4.90 Å². The van der Waals surface area contributed by atoms with Gasteiger partial charge in [-0.1, -0.05) is 20.3 Å². The fraction of sp³-hybridized carbons (Fsp3) is 1.00. The Bertz CT molecular complexity index is 240. The molecule has 2 nitrogen and oxygen atoms in total. The summed E-state index contributed by atoms with van der Waals surface area (Å²) in [6.07, 6.45) is -0.815. The topological polar surface area (TPSA) is 23.5 Å². The van der Waals surface area contributed by atoms with E-state index in [1.54, 1.807) is 0 Å². The molecule has 1 fully saturated rings. The average Bonchev–Trinajstić information content (AvgIpc) is 2.98. The third-order valence-corrected chi connectivity index (χ3v) is 3.27. The summed E-state index contributed by atoms with van der Waals surface area (Å²) in [7, 11) is 0. The van der Waals surface area contributed by atoms with Crippen molar-refractivity contribution in [1.82, 2.24) is 4.90 Å². The van der Waals surface area contributed by atoms with E-state index in [0.717, 1.165) is 25.7 Å². The molecular formula is C12H22F3NO. The minimum atomic E-state index is -4.15. The second-order valence-corrected chi connectivity index (χ2v) is 5.47. The molecule has 1 atom stereocenters. The molecule has 17 heavy (non-hydrogen) atoms. The Morgan fingerprint density at radius 1 is 1.24 bits per heavy atom. The molecule has 0 aromatic rings. The summed E-state index contributed by atoms with van der Waals surface area (Å²) >= 11 is 0. The molecule has 1 aliphatic carbocycles. The van der Waals surface area contributed by atoms with Crippen LogP contribution in [0.15, 0.2) is 0 Å². The molecule has 1 unspecified atom stereocenters. The van der Waals surface area contributed by atoms with Crippen molar-refractivity contribution in [1.29, 1.82) is 0 Å². The molecule has 1 rings (SSSR count). The molecule has 0 aromatic carbocycles. The Labute approximate surface area is 101 Å². The lowest BCUT2D eigenvalue weighted by molar-refractivity contribution is -0.151. The first-order valence-electron chi connectivity index (χ1n) is 6.21. The molecule has 0 aromatic heterocycles. The van der Waals surface area contributed by atoms with Crippen molar-refractivity contribution in [2.45, 2.75) is 51.7 Å². The quantitative estimate of drug-likeness (QED) is 0.754. The highest BCUT2D eigenvalue weighted by molar-refractivity contribution is 4.89. The normalized spacial score (nSPS) is 20.6. The van der Waals surface area contributed by atoms with Crippen LogP contribution < -0.4 is 0 Å². The summed E-state index contributed by atoms with van der Waals surface area (Å²) in [5, 5.41) is 9.36. The van der Waals surface area contributed by atoms with Gasteiger partial charge in [0.25, 0.3) is 0 Å². The minimum Gasteiger partial charge on any atom is -0.396 e. The van der Waals surface area contributed by atoms with Gasteiger partial charge in [-0.25, -0.2) is 0 Å². The van der Waals surface area contributed by atoms with Gasteiger partial charge in [0.15, 0.2) is 0 Å². The van der Waals surface area contributed by atoms with E-state index < -0.39 is 18.1 Å². The van der Waals surface area contributed by atoms with Crippen molar-refractivity contribution >= 4 is 0 Å². The smallest absolute Gasteiger partial charge is 0.396 e. The number of hydrogen-bond acceptors (Lipinski definition) is 2. The molecule has 0 spiro atoms. The molecular weight excluding hydrogens is 231 g/mol. The zero-order valence-corrected chi connectivity index (χ0v) is 10.6. The Kier molecular flexibility index (Phi) is 4.84. The molecule has 0 amide bonds. The van der Waals surface area contributed by atoms with Crippen LogP contribution in [0.2, 0.25) is 0 Å². The van der Waals surface area contributed by atoms with E-state index >= 15 is 0 Å². The number of hydrogen-bond donors (Lipinski definition) is 1. The average molecular weight is 253 g/mol. The summed E-state index contributed by atoms with van der Waals surface area (Å²) in [4.78, 5) is 1.49. The van der Waals surface area contributed by atoms with Crippen molar-refractivity contribution in [3.8, 4) is 0 Å². The van der Waals surface area contributed by atoms with Gasteiger partial charge < -0.3 is 5.11 Å². The van der Waals surface area contributed by atoms with Gasteiger partial charge in [0.1, 0.15) is 0 Å². The van der Waals surface area contributed by atoms with E-state index in [4.69, 9.17) is 0 Å². The first-order valence-corrected chi connectivity index (χ1v) is 6.21. The first-order chi connectivity index (χ1) is 7.79. The summed E-state index contributed by atoms with van der Waals surface area (Å²) < 4.78 is 37.4. The minimum absolute atomic E-state index is 0.0537. The second kappa shape index (κ2) is 5.57. The number of aliphatic hydroxyl groups excluding tert-OH is 1. The van der Waals surface area contributed by atoms with Crippen molar-refractivity contribution in [2.75, 3.05) is 19.7 Å². The van der Waals surface area contributed by atoms with Gasteiger partial charge in [-0.15, -0.1) is 0 Å². The highest BCUT2D eigenvalue weighted by atomic mass is 19.4. The predicted octanol–water partition coefficient (Wildman–Crippen LogP) is 2.81. The molecule has 0 aliphatic heterocycles. The third kappa shape index (κ3) is 5.25. The molecule has 5 heteroatoms. The number of rotatable bonds is 7. The molecule has 1 N–H and O–H groups in total. The third-order valence-electron chi connectivity index (χ3n) is 3.27. The number of alkyl halides is 3. The Morgan fingerprint density at radius 3 is 2.18 bits per heavy atom. The second-order valence-electron chi connectivity index (χ2n) is 5.47. The maximum absolute atomic E-state index is 12.5. The standard InChI is InChI=1S/C12H22F3NO/c1-3-6-11(2,9-17)7-16(10-4-5-10)8-12(13,14)15/h10,17H,3-9H2,1-2H3. The highest BCUT2D eigenvalue weighted by Crippen LogP contribution is 2.34. The van der Waals surface area contributed by atoms with Gasteiger partial charge in [-0.05, 0) is 19.3 Å². The molecule has 0 heterocycles. The Hall–Kier alpha value is -0.290. The van der Waals surface area contributed by atoms with E-state index in [2.05, 4.69) is 0 Å². The molecule has 0 saturated heterocycles. The lowest BCUT2D eigenvalue weighted by Crippen LogP contribution is -2.44. The van der Waals surface area contributed by atoms with Gasteiger partial charge in [-0.2, -0.15) is 13.2 Å². The highest BCUT2D eigenvalue weighted by Gasteiger charge is 2.40. The van der Waals surface area contributed by atoms with Gasteiger partial charge in [0, 0.05) is 24.6 Å². The van der Waals surface area contributed by atoms with E-state index in [-0.39, 0.29) is 12.6 Å². The molecule has 0 bridgehead atoms. The summed E-state index contributed by atoms with van der Waals surface area (Å²) in [6.45, 7) is 3.28. The van der Waals surface area contributed by atoms with Gasteiger partial charge >= 0.3 is 6.18 Å². The Morgan fingerprint density at radius 2 is 1.82 bits per heavy atom. The summed E-state index contributed by atoms with van der Waals surface area (Å²) in [5.74, 6) is 0. The van der Waals surface area contributed by atoms with Crippen LogP contribution in [0, 0.1) is 5.41 Å².